The van der Waals surface area contributed by atoms with Gasteiger partial charge in [-0.25, -0.2) is 4.79 Å². The van der Waals surface area contributed by atoms with Crippen LogP contribution in [0.1, 0.15) is 44.6 Å². The van der Waals surface area contributed by atoms with Gasteiger partial charge in [-0.1, -0.05) is 49.6 Å². The highest BCUT2D eigenvalue weighted by Crippen LogP contribution is 2.32. The Morgan fingerprint density at radius 1 is 1.11 bits per heavy atom. The molecular formula is C22H24N2O3. The van der Waals surface area contributed by atoms with E-state index in [9.17, 15) is 9.59 Å². The number of ether oxygens (including phenoxy) is 1. The molecule has 0 spiro atoms. The number of carbonyl (C=O) groups is 2. The summed E-state index contributed by atoms with van der Waals surface area (Å²) in [7, 11) is 0. The highest BCUT2D eigenvalue weighted by Gasteiger charge is 2.39. The number of imide groups is 1. The van der Waals surface area contributed by atoms with E-state index < -0.39 is 0 Å². The molecule has 2 aromatic rings. The second-order valence-corrected chi connectivity index (χ2v) is 7.09. The molecule has 1 aliphatic heterocycles. The third kappa shape index (κ3) is 3.29. The lowest BCUT2D eigenvalue weighted by atomic mass is 9.94. The van der Waals surface area contributed by atoms with Gasteiger partial charge in [0, 0.05) is 11.6 Å². The summed E-state index contributed by atoms with van der Waals surface area (Å²) < 4.78 is 5.78. The molecule has 27 heavy (non-hydrogen) atoms. The highest BCUT2D eigenvalue weighted by molar-refractivity contribution is 6.15. The fraction of sp³-hybridized carbons (Fsp3) is 0.364. The molecule has 140 valence electrons. The Morgan fingerprint density at radius 2 is 1.89 bits per heavy atom. The number of rotatable bonds is 4. The zero-order valence-corrected chi connectivity index (χ0v) is 15.5. The number of amides is 3. The van der Waals surface area contributed by atoms with Crippen LogP contribution in [0.15, 0.2) is 42.1 Å². The molecule has 1 aliphatic carbocycles. The van der Waals surface area contributed by atoms with Gasteiger partial charge < -0.3 is 10.1 Å². The lowest BCUT2D eigenvalue weighted by molar-refractivity contribution is -0.124. The second-order valence-electron chi connectivity index (χ2n) is 7.09. The van der Waals surface area contributed by atoms with Gasteiger partial charge in [-0.2, -0.15) is 0 Å². The maximum absolute atomic E-state index is 13.0. The summed E-state index contributed by atoms with van der Waals surface area (Å²) in [6.45, 7) is 2.46. The fourth-order valence-corrected chi connectivity index (χ4v) is 4.07. The first-order valence-electron chi connectivity index (χ1n) is 9.70. The van der Waals surface area contributed by atoms with Crippen molar-refractivity contribution in [2.75, 3.05) is 6.61 Å². The van der Waals surface area contributed by atoms with Crippen molar-refractivity contribution < 1.29 is 14.3 Å². The number of nitrogens with zero attached hydrogens (tertiary/aromatic N) is 1. The number of hydrogen-bond donors (Lipinski definition) is 1. The molecule has 0 bridgehead atoms. The Kier molecular flexibility index (Phi) is 4.84. The molecule has 5 nitrogen and oxygen atoms in total. The zero-order valence-electron chi connectivity index (χ0n) is 15.5. The molecule has 1 saturated heterocycles. The summed E-state index contributed by atoms with van der Waals surface area (Å²) >= 11 is 0. The van der Waals surface area contributed by atoms with E-state index in [0.29, 0.717) is 18.1 Å². The van der Waals surface area contributed by atoms with E-state index in [1.165, 1.54) is 11.3 Å². The highest BCUT2D eigenvalue weighted by atomic mass is 16.5. The molecule has 2 fully saturated rings. The van der Waals surface area contributed by atoms with E-state index in [4.69, 9.17) is 4.74 Å². The molecule has 1 saturated carbocycles. The first-order valence-corrected chi connectivity index (χ1v) is 9.70. The van der Waals surface area contributed by atoms with Gasteiger partial charge in [-0.15, -0.1) is 0 Å². The van der Waals surface area contributed by atoms with E-state index in [-0.39, 0.29) is 18.0 Å². The quantitative estimate of drug-likeness (QED) is 0.643. The summed E-state index contributed by atoms with van der Waals surface area (Å²) in [4.78, 5) is 26.9. The van der Waals surface area contributed by atoms with E-state index >= 15 is 0 Å². The molecule has 5 heteroatoms. The van der Waals surface area contributed by atoms with Crippen LogP contribution in [0.25, 0.3) is 16.8 Å². The topological polar surface area (TPSA) is 58.6 Å². The molecule has 0 aromatic heterocycles. The van der Waals surface area contributed by atoms with Crippen molar-refractivity contribution in [1.29, 1.82) is 0 Å². The monoisotopic (exact) mass is 364 g/mol. The molecule has 3 amide bonds. The summed E-state index contributed by atoms with van der Waals surface area (Å²) in [5, 5.41) is 4.83. The van der Waals surface area contributed by atoms with Crippen LogP contribution in [0, 0.1) is 0 Å². The third-order valence-electron chi connectivity index (χ3n) is 5.37. The molecule has 0 radical (unpaired) electrons. The van der Waals surface area contributed by atoms with Crippen molar-refractivity contribution in [3.8, 4) is 5.75 Å². The van der Waals surface area contributed by atoms with E-state index in [2.05, 4.69) is 5.32 Å². The van der Waals surface area contributed by atoms with Crippen LogP contribution >= 0.6 is 0 Å². The van der Waals surface area contributed by atoms with Crippen molar-refractivity contribution in [2.24, 2.45) is 0 Å². The van der Waals surface area contributed by atoms with Crippen LogP contribution in [0.2, 0.25) is 0 Å². The minimum Gasteiger partial charge on any atom is -0.493 e. The molecule has 1 heterocycles. The number of urea groups is 1. The molecule has 2 aliphatic rings. The Bertz CT molecular complexity index is 913. The zero-order chi connectivity index (χ0) is 18.8. The standard InChI is InChI=1S/C22H24N2O3/c1-2-27-20-13-12-15-8-6-7-11-17(15)18(20)14-19-21(25)24(22(26)23-19)16-9-4-3-5-10-16/h6-8,11-14,16H,2-5,9-10H2,1H3,(H,23,26)/b19-14-. The number of benzene rings is 2. The van der Waals surface area contributed by atoms with Crippen molar-refractivity contribution in [3.05, 3.63) is 47.7 Å². The third-order valence-corrected chi connectivity index (χ3v) is 5.37. The normalized spacial score (nSPS) is 19.7. The molecule has 0 atom stereocenters. The maximum Gasteiger partial charge on any atom is 0.329 e. The summed E-state index contributed by atoms with van der Waals surface area (Å²) in [6, 6.07) is 11.6. The summed E-state index contributed by atoms with van der Waals surface area (Å²) in [5.41, 5.74) is 1.15. The Morgan fingerprint density at radius 3 is 2.67 bits per heavy atom. The van der Waals surface area contributed by atoms with Gasteiger partial charge in [0.25, 0.3) is 5.91 Å². The average Bonchev–Trinajstić information content (AvgIpc) is 2.97. The molecule has 4 rings (SSSR count). The van der Waals surface area contributed by atoms with Crippen molar-refractivity contribution in [2.45, 2.75) is 45.1 Å². The van der Waals surface area contributed by atoms with Gasteiger partial charge in [0.1, 0.15) is 11.4 Å². The fourth-order valence-electron chi connectivity index (χ4n) is 4.07. The number of fused-ring (bicyclic) bond motifs is 1. The van der Waals surface area contributed by atoms with Crippen LogP contribution in [-0.4, -0.2) is 29.5 Å². The molecule has 1 N–H and O–H groups in total. The molecule has 0 unspecified atom stereocenters. The maximum atomic E-state index is 13.0. The molecular weight excluding hydrogens is 340 g/mol. The number of carbonyl (C=O) groups excluding carboxylic acids is 2. The summed E-state index contributed by atoms with van der Waals surface area (Å²) in [5.74, 6) is 0.476. The van der Waals surface area contributed by atoms with Crippen molar-refractivity contribution >= 4 is 28.8 Å². The van der Waals surface area contributed by atoms with Crippen LogP contribution in [0.3, 0.4) is 0 Å². The second kappa shape index (κ2) is 7.43. The summed E-state index contributed by atoms with van der Waals surface area (Å²) in [6.07, 6.45) is 6.86. The van der Waals surface area contributed by atoms with Gasteiger partial charge in [-0.05, 0) is 42.7 Å². The minimum atomic E-state index is -0.309. The number of nitrogens with one attached hydrogen (secondary N) is 1. The Hall–Kier alpha value is -2.82. The first-order chi connectivity index (χ1) is 13.2. The van der Waals surface area contributed by atoms with E-state index in [0.717, 1.165) is 42.0 Å². The van der Waals surface area contributed by atoms with E-state index in [1.807, 2.05) is 43.3 Å². The SMILES string of the molecule is CCOc1ccc2ccccc2c1/C=C1\NC(=O)N(C2CCCCC2)C1=O. The molecule has 2 aromatic carbocycles. The minimum absolute atomic E-state index is 0.0102. The van der Waals surface area contributed by atoms with Gasteiger partial charge in [-0.3, -0.25) is 9.69 Å². The average molecular weight is 364 g/mol. The van der Waals surface area contributed by atoms with Gasteiger partial charge in [0.05, 0.1) is 6.61 Å². The smallest absolute Gasteiger partial charge is 0.329 e. The Labute approximate surface area is 159 Å². The van der Waals surface area contributed by atoms with Gasteiger partial charge in [0.2, 0.25) is 0 Å². The Balaban J connectivity index is 1.74. The van der Waals surface area contributed by atoms with Crippen LogP contribution in [0.5, 0.6) is 5.75 Å². The van der Waals surface area contributed by atoms with Gasteiger partial charge >= 0.3 is 6.03 Å². The number of hydrogen-bond acceptors (Lipinski definition) is 3. The predicted molar refractivity (Wildman–Crippen MR) is 105 cm³/mol. The van der Waals surface area contributed by atoms with E-state index in [1.54, 1.807) is 6.08 Å². The largest absolute Gasteiger partial charge is 0.493 e. The van der Waals surface area contributed by atoms with Crippen molar-refractivity contribution in [1.82, 2.24) is 10.2 Å². The van der Waals surface area contributed by atoms with Crippen LogP contribution in [-0.2, 0) is 4.79 Å². The van der Waals surface area contributed by atoms with Crippen LogP contribution < -0.4 is 10.1 Å². The van der Waals surface area contributed by atoms with Gasteiger partial charge in [0.15, 0.2) is 0 Å². The lowest BCUT2D eigenvalue weighted by Gasteiger charge is -2.28. The van der Waals surface area contributed by atoms with Crippen LogP contribution in [0.4, 0.5) is 4.79 Å². The first kappa shape index (κ1) is 17.6. The van der Waals surface area contributed by atoms with Crippen molar-refractivity contribution in [3.63, 3.8) is 0 Å². The predicted octanol–water partition coefficient (Wildman–Crippen LogP) is 4.46. The lowest BCUT2D eigenvalue weighted by Crippen LogP contribution is -2.41.